The van der Waals surface area contributed by atoms with E-state index in [0.717, 1.165) is 31.5 Å². The highest BCUT2D eigenvalue weighted by Crippen LogP contribution is 2.35. The van der Waals surface area contributed by atoms with Crippen molar-refractivity contribution in [2.24, 2.45) is 0 Å². The zero-order valence-corrected chi connectivity index (χ0v) is 11.8. The molecule has 0 aliphatic carbocycles. The molecule has 1 heterocycles. The van der Waals surface area contributed by atoms with Gasteiger partial charge in [-0.25, -0.2) is 0 Å². The maximum Gasteiger partial charge on any atom is 0.306 e. The second-order valence-electron chi connectivity index (χ2n) is 4.88. The van der Waals surface area contributed by atoms with Crippen LogP contribution in [0.3, 0.4) is 0 Å². The number of esters is 1. The molecule has 1 fully saturated rings. The van der Waals surface area contributed by atoms with E-state index in [9.17, 15) is 4.79 Å². The quantitative estimate of drug-likeness (QED) is 0.666. The topological polar surface area (TPSA) is 38.3 Å². The second kappa shape index (κ2) is 6.92. The van der Waals surface area contributed by atoms with Crippen LogP contribution in [0.25, 0.3) is 0 Å². The van der Waals surface area contributed by atoms with Crippen molar-refractivity contribution in [3.8, 4) is 0 Å². The third kappa shape index (κ3) is 3.71. The highest BCUT2D eigenvalue weighted by atomic mass is 35.5. The average Bonchev–Trinajstić information content (AvgIpc) is 2.47. The van der Waals surface area contributed by atoms with Gasteiger partial charge in [-0.15, -0.1) is 11.6 Å². The van der Waals surface area contributed by atoms with Crippen molar-refractivity contribution in [1.29, 1.82) is 0 Å². The van der Waals surface area contributed by atoms with Crippen LogP contribution in [0.2, 0.25) is 0 Å². The van der Waals surface area contributed by atoms with Crippen LogP contribution in [0.1, 0.15) is 31.2 Å². The van der Waals surface area contributed by atoms with Crippen LogP contribution in [0, 0.1) is 0 Å². The zero-order valence-electron chi connectivity index (χ0n) is 11.0. The van der Waals surface area contributed by atoms with Crippen molar-refractivity contribution in [2.75, 3.05) is 19.0 Å². The lowest BCUT2D eigenvalue weighted by molar-refractivity contribution is -0.164. The van der Waals surface area contributed by atoms with Crippen LogP contribution < -0.4 is 5.32 Å². The lowest BCUT2D eigenvalue weighted by Crippen LogP contribution is -2.43. The maximum atomic E-state index is 11.9. The Bertz CT molecular complexity index is 402. The molecule has 1 aliphatic rings. The Balaban J connectivity index is 2.13. The smallest absolute Gasteiger partial charge is 0.306 e. The van der Waals surface area contributed by atoms with E-state index < -0.39 is 5.60 Å². The monoisotopic (exact) mass is 281 g/mol. The van der Waals surface area contributed by atoms with E-state index in [1.54, 1.807) is 0 Å². The third-order valence-electron chi connectivity index (χ3n) is 3.53. The van der Waals surface area contributed by atoms with Gasteiger partial charge in [0.1, 0.15) is 5.60 Å². The van der Waals surface area contributed by atoms with Gasteiger partial charge >= 0.3 is 5.97 Å². The highest BCUT2D eigenvalue weighted by Gasteiger charge is 2.37. The first-order chi connectivity index (χ1) is 9.27. The molecule has 1 aliphatic heterocycles. The lowest BCUT2D eigenvalue weighted by Gasteiger charge is -2.37. The molecule has 0 bridgehead atoms. The van der Waals surface area contributed by atoms with E-state index in [1.165, 1.54) is 0 Å². The van der Waals surface area contributed by atoms with Crippen LogP contribution in [0.15, 0.2) is 30.3 Å². The van der Waals surface area contributed by atoms with Gasteiger partial charge in [-0.1, -0.05) is 30.3 Å². The minimum Gasteiger partial charge on any atom is -0.454 e. The molecule has 1 aromatic carbocycles. The number of nitrogens with one attached hydrogen (secondary N) is 1. The number of halogens is 1. The van der Waals surface area contributed by atoms with Crippen molar-refractivity contribution in [1.82, 2.24) is 5.32 Å². The second-order valence-corrected chi connectivity index (χ2v) is 5.25. The summed E-state index contributed by atoms with van der Waals surface area (Å²) in [5.41, 5.74) is 0.631. The van der Waals surface area contributed by atoms with Gasteiger partial charge in [-0.3, -0.25) is 4.79 Å². The van der Waals surface area contributed by atoms with Crippen LogP contribution in [0.4, 0.5) is 0 Å². The SMILES string of the molecule is O=C(CCCCl)OC1(c2ccccc2)CCNCC1. The van der Waals surface area contributed by atoms with E-state index in [2.05, 4.69) is 5.32 Å². The van der Waals surface area contributed by atoms with Crippen LogP contribution in [-0.2, 0) is 15.1 Å². The van der Waals surface area contributed by atoms with Crippen molar-refractivity contribution >= 4 is 17.6 Å². The first-order valence-electron chi connectivity index (χ1n) is 6.81. The molecule has 0 radical (unpaired) electrons. The van der Waals surface area contributed by atoms with Gasteiger partial charge in [0.2, 0.25) is 0 Å². The minimum absolute atomic E-state index is 0.147. The summed E-state index contributed by atoms with van der Waals surface area (Å²) < 4.78 is 5.83. The largest absolute Gasteiger partial charge is 0.454 e. The number of ether oxygens (including phenoxy) is 1. The Morgan fingerprint density at radius 2 is 1.95 bits per heavy atom. The van der Waals surface area contributed by atoms with Crippen molar-refractivity contribution in [3.05, 3.63) is 35.9 Å². The number of alkyl halides is 1. The normalized spacial score (nSPS) is 17.9. The van der Waals surface area contributed by atoms with Crippen LogP contribution >= 0.6 is 11.6 Å². The molecule has 2 rings (SSSR count). The van der Waals surface area contributed by atoms with E-state index >= 15 is 0 Å². The fraction of sp³-hybridized carbons (Fsp3) is 0.533. The van der Waals surface area contributed by atoms with Crippen LogP contribution in [-0.4, -0.2) is 24.9 Å². The molecule has 1 N–H and O–H groups in total. The van der Waals surface area contributed by atoms with Gasteiger partial charge in [-0.05, 0) is 25.1 Å². The summed E-state index contributed by atoms with van der Waals surface area (Å²) in [5.74, 6) is 0.348. The van der Waals surface area contributed by atoms with E-state index in [1.807, 2.05) is 30.3 Å². The molecule has 3 nitrogen and oxygen atoms in total. The van der Waals surface area contributed by atoms with Crippen LogP contribution in [0.5, 0.6) is 0 Å². The predicted octanol–water partition coefficient (Wildman–Crippen LogP) is 2.83. The fourth-order valence-corrected chi connectivity index (χ4v) is 2.64. The number of hydrogen-bond acceptors (Lipinski definition) is 3. The third-order valence-corrected chi connectivity index (χ3v) is 3.80. The average molecular weight is 282 g/mol. The summed E-state index contributed by atoms with van der Waals surface area (Å²) in [5, 5.41) is 3.31. The molecule has 0 atom stereocenters. The first-order valence-corrected chi connectivity index (χ1v) is 7.34. The molecule has 19 heavy (non-hydrogen) atoms. The van der Waals surface area contributed by atoms with E-state index in [-0.39, 0.29) is 5.97 Å². The van der Waals surface area contributed by atoms with Gasteiger partial charge in [-0.2, -0.15) is 0 Å². The molecule has 1 saturated heterocycles. The number of benzene rings is 1. The molecule has 0 saturated carbocycles. The van der Waals surface area contributed by atoms with Crippen molar-refractivity contribution < 1.29 is 9.53 Å². The number of piperidine rings is 1. The summed E-state index contributed by atoms with van der Waals surface area (Å²) in [6, 6.07) is 10.0. The molecular weight excluding hydrogens is 262 g/mol. The first kappa shape index (κ1) is 14.4. The Labute approximate surface area is 119 Å². The molecule has 0 amide bonds. The molecule has 1 aromatic rings. The standard InChI is InChI=1S/C15H20ClNO2/c16-10-4-7-14(18)19-15(8-11-17-12-9-15)13-5-2-1-3-6-13/h1-3,5-6,17H,4,7-12H2. The Kier molecular flexibility index (Phi) is 5.23. The van der Waals surface area contributed by atoms with Gasteiger partial charge in [0.05, 0.1) is 0 Å². The Hall–Kier alpha value is -1.06. The minimum atomic E-state index is -0.462. The van der Waals surface area contributed by atoms with Gasteiger partial charge < -0.3 is 10.1 Å². The Morgan fingerprint density at radius 1 is 1.26 bits per heavy atom. The van der Waals surface area contributed by atoms with E-state index in [4.69, 9.17) is 16.3 Å². The number of carbonyl (C=O) groups excluding carboxylic acids is 1. The number of rotatable bonds is 5. The summed E-state index contributed by atoms with van der Waals surface area (Å²) in [4.78, 5) is 11.9. The maximum absolute atomic E-state index is 11.9. The summed E-state index contributed by atoms with van der Waals surface area (Å²) in [6.07, 6.45) is 2.71. The van der Waals surface area contributed by atoms with Gasteiger partial charge in [0.25, 0.3) is 0 Å². The highest BCUT2D eigenvalue weighted by molar-refractivity contribution is 6.17. The summed E-state index contributed by atoms with van der Waals surface area (Å²) in [6.45, 7) is 1.75. The van der Waals surface area contributed by atoms with E-state index in [0.29, 0.717) is 18.7 Å². The molecule has 0 unspecified atom stereocenters. The lowest BCUT2D eigenvalue weighted by atomic mass is 9.84. The zero-order chi connectivity index (χ0) is 13.6. The van der Waals surface area contributed by atoms with Crippen molar-refractivity contribution in [2.45, 2.75) is 31.3 Å². The summed E-state index contributed by atoms with van der Waals surface area (Å²) >= 11 is 5.62. The van der Waals surface area contributed by atoms with Gasteiger partial charge in [0.15, 0.2) is 0 Å². The predicted molar refractivity (Wildman–Crippen MR) is 76.3 cm³/mol. The summed E-state index contributed by atoms with van der Waals surface area (Å²) in [7, 11) is 0. The molecule has 4 heteroatoms. The van der Waals surface area contributed by atoms with Gasteiger partial charge in [0, 0.05) is 25.1 Å². The molecule has 0 spiro atoms. The number of carbonyl (C=O) groups is 1. The van der Waals surface area contributed by atoms with Crippen molar-refractivity contribution in [3.63, 3.8) is 0 Å². The number of hydrogen-bond donors (Lipinski definition) is 1. The molecular formula is C15H20ClNO2. The Morgan fingerprint density at radius 3 is 2.58 bits per heavy atom. The fourth-order valence-electron chi connectivity index (χ4n) is 2.50. The molecule has 0 aromatic heterocycles. The molecule has 104 valence electrons.